The van der Waals surface area contributed by atoms with Crippen molar-refractivity contribution in [1.82, 2.24) is 43.2 Å². The average molecular weight is 1430 g/mol. The van der Waals surface area contributed by atoms with E-state index in [9.17, 15) is 0 Å². The first-order chi connectivity index (χ1) is 55.5. The van der Waals surface area contributed by atoms with Crippen LogP contribution in [0.25, 0.3) is 200 Å². The van der Waals surface area contributed by atoms with Crippen molar-refractivity contribution < 1.29 is 0 Å². The van der Waals surface area contributed by atoms with Crippen LogP contribution in [0.4, 0.5) is 0 Å². The molecule has 0 saturated heterocycles. The highest BCUT2D eigenvalue weighted by Crippen LogP contribution is 2.43. The number of rotatable bonds is 12. The Morgan fingerprint density at radius 3 is 0.902 bits per heavy atom. The van der Waals surface area contributed by atoms with Gasteiger partial charge in [0.05, 0.1) is 77.9 Å². The minimum Gasteiger partial charge on any atom is -0.309 e. The second-order valence-corrected chi connectivity index (χ2v) is 28.4. The van der Waals surface area contributed by atoms with Gasteiger partial charge in [0.1, 0.15) is 0 Å². The van der Waals surface area contributed by atoms with E-state index in [1.807, 2.05) is 67.3 Å². The topological polar surface area (TPSA) is 84.2 Å². The summed E-state index contributed by atoms with van der Waals surface area (Å²) >= 11 is 0. The van der Waals surface area contributed by atoms with E-state index in [0.29, 0.717) is 0 Å². The van der Waals surface area contributed by atoms with Gasteiger partial charge in [-0.1, -0.05) is 194 Å². The zero-order chi connectivity index (χ0) is 74.0. The van der Waals surface area contributed by atoms with Crippen molar-refractivity contribution in [2.24, 2.45) is 0 Å². The molecule has 0 radical (unpaired) electrons. The molecule has 0 unspecified atom stereocenters. The van der Waals surface area contributed by atoms with E-state index in [-0.39, 0.29) is 0 Å². The second-order valence-electron chi connectivity index (χ2n) is 28.4. The van der Waals surface area contributed by atoms with Gasteiger partial charge in [-0.3, -0.25) is 19.9 Å². The van der Waals surface area contributed by atoms with E-state index in [0.717, 1.165) is 134 Å². The van der Waals surface area contributed by atoms with Gasteiger partial charge in [-0.2, -0.15) is 0 Å². The SMILES string of the molecule is c1ccc(-c2cc(-c3ccccc3)nc(-c3ccc(-n4c5ccccc5c5cc(-c6ccc7c(c6)c6ncccc6n7-c6ccccc6)ccc54)cc3)c2)cc1.c1ccc(-n2c3ccc(-c4ccc5c(c4)c4ccccc4n5-c4ccc(-c5cc(-c6ccccn6)cc(-c6ccccn6)c5)cc4)cc3c3ncccc32)cc1. The molecule has 9 heteroatoms. The average Bonchev–Trinajstić information content (AvgIpc) is 1.59. The molecule has 13 aromatic carbocycles. The maximum absolute atomic E-state index is 5.17. The molecule has 0 atom stereocenters. The molecule has 0 aliphatic rings. The minimum absolute atomic E-state index is 0.934. The maximum atomic E-state index is 5.17. The number of fused-ring (bicyclic) bond motifs is 12. The molecule has 0 aliphatic carbocycles. The molecule has 0 amide bonds. The summed E-state index contributed by atoms with van der Waals surface area (Å²) in [6.07, 6.45) is 7.45. The Hall–Kier alpha value is -15.2. The van der Waals surface area contributed by atoms with Gasteiger partial charge in [0.25, 0.3) is 0 Å². The van der Waals surface area contributed by atoms with Crippen LogP contribution < -0.4 is 0 Å². The lowest BCUT2D eigenvalue weighted by Gasteiger charge is -2.12. The lowest BCUT2D eigenvalue weighted by Crippen LogP contribution is -1.95. The monoisotopic (exact) mass is 1430 g/mol. The third-order valence-corrected chi connectivity index (χ3v) is 21.8. The van der Waals surface area contributed by atoms with Gasteiger partial charge in [-0.05, 0) is 233 Å². The molecule has 9 heterocycles. The Morgan fingerprint density at radius 1 is 0.152 bits per heavy atom. The standard InChI is InChI=1S/C52H34N4.C51H33N5/c1-4-13-35(14-5-1)40-33-46(36-15-6-2-7-16-36)54-47(34-40)37-22-26-42(27-23-37)55-48-20-11-10-19-43(48)44-31-38(24-28-49(44)55)39-25-29-50-45(32-39)52-51(21-12-30-53-52)56(50)41-17-8-3-9-18-41;1-2-11-40(12-3-1)56-49-25-21-36(33-44(49)51-50(56)17-10-28-54-51)35-20-24-48-43(32-35)42-13-4-5-16-47(42)55(48)41-22-18-34(19-23-41)37-29-38(45-14-6-8-26-52-45)31-39(30-37)46-15-7-9-27-53-46/h1-34H;1-33H. The molecular weight excluding hydrogens is 1360 g/mol. The van der Waals surface area contributed by atoms with Crippen molar-refractivity contribution in [3.8, 4) is 112 Å². The van der Waals surface area contributed by atoms with Crippen molar-refractivity contribution >= 4 is 87.5 Å². The zero-order valence-corrected chi connectivity index (χ0v) is 60.7. The third-order valence-electron chi connectivity index (χ3n) is 21.8. The molecule has 0 bridgehead atoms. The van der Waals surface area contributed by atoms with Gasteiger partial charge in [-0.15, -0.1) is 0 Å². The Kier molecular flexibility index (Phi) is 16.0. The van der Waals surface area contributed by atoms with Crippen molar-refractivity contribution in [1.29, 1.82) is 0 Å². The van der Waals surface area contributed by atoms with Crippen LogP contribution >= 0.6 is 0 Å². The Labute approximate surface area is 645 Å². The quantitative estimate of drug-likeness (QED) is 0.122. The first-order valence-corrected chi connectivity index (χ1v) is 37.8. The number of pyridine rings is 5. The summed E-state index contributed by atoms with van der Waals surface area (Å²) in [5.74, 6) is 0. The molecule has 0 saturated carbocycles. The summed E-state index contributed by atoms with van der Waals surface area (Å²) in [6.45, 7) is 0. The summed E-state index contributed by atoms with van der Waals surface area (Å²) in [7, 11) is 0. The number of hydrogen-bond donors (Lipinski definition) is 0. The first kappa shape index (κ1) is 65.1. The Balaban J connectivity index is 0.000000141. The molecule has 22 aromatic rings. The number of benzene rings is 13. The Morgan fingerprint density at radius 2 is 0.455 bits per heavy atom. The maximum Gasteiger partial charge on any atom is 0.0963 e. The number of para-hydroxylation sites is 4. The Bertz CT molecular complexity index is 6760. The van der Waals surface area contributed by atoms with E-state index in [4.69, 9.17) is 15.0 Å². The summed E-state index contributed by atoms with van der Waals surface area (Å²) in [5.41, 5.74) is 33.0. The first-order valence-electron chi connectivity index (χ1n) is 37.8. The molecule has 0 spiro atoms. The summed E-state index contributed by atoms with van der Waals surface area (Å²) in [4.78, 5) is 24.2. The molecule has 112 heavy (non-hydrogen) atoms. The van der Waals surface area contributed by atoms with E-state index in [1.165, 1.54) is 65.9 Å². The van der Waals surface area contributed by atoms with E-state index in [2.05, 4.69) is 368 Å². The zero-order valence-electron chi connectivity index (χ0n) is 60.7. The smallest absolute Gasteiger partial charge is 0.0963 e. The van der Waals surface area contributed by atoms with Crippen LogP contribution in [0, 0.1) is 0 Å². The molecule has 9 aromatic heterocycles. The van der Waals surface area contributed by atoms with E-state index < -0.39 is 0 Å². The van der Waals surface area contributed by atoms with Crippen LogP contribution in [0.3, 0.4) is 0 Å². The molecule has 524 valence electrons. The second kappa shape index (κ2) is 27.5. The van der Waals surface area contributed by atoms with Gasteiger partial charge < -0.3 is 18.3 Å². The highest BCUT2D eigenvalue weighted by molar-refractivity contribution is 6.14. The van der Waals surface area contributed by atoms with Gasteiger partial charge >= 0.3 is 0 Å². The molecule has 0 fully saturated rings. The van der Waals surface area contributed by atoms with Crippen molar-refractivity contribution in [3.63, 3.8) is 0 Å². The lowest BCUT2D eigenvalue weighted by atomic mass is 9.96. The molecule has 22 rings (SSSR count). The largest absolute Gasteiger partial charge is 0.309 e. The van der Waals surface area contributed by atoms with Crippen LogP contribution in [0.5, 0.6) is 0 Å². The highest BCUT2D eigenvalue weighted by atomic mass is 15.0. The number of hydrogen-bond acceptors (Lipinski definition) is 5. The van der Waals surface area contributed by atoms with Crippen molar-refractivity contribution in [2.75, 3.05) is 0 Å². The van der Waals surface area contributed by atoms with E-state index in [1.54, 1.807) is 0 Å². The fraction of sp³-hybridized carbons (Fsp3) is 0. The van der Waals surface area contributed by atoms with Gasteiger partial charge in [0.2, 0.25) is 0 Å². The molecule has 9 nitrogen and oxygen atoms in total. The predicted molar refractivity (Wildman–Crippen MR) is 463 cm³/mol. The highest BCUT2D eigenvalue weighted by Gasteiger charge is 2.21. The van der Waals surface area contributed by atoms with Crippen molar-refractivity contribution in [2.45, 2.75) is 0 Å². The normalized spacial score (nSPS) is 11.6. The van der Waals surface area contributed by atoms with Gasteiger partial charge in [0.15, 0.2) is 0 Å². The van der Waals surface area contributed by atoms with Gasteiger partial charge in [-0.25, -0.2) is 4.98 Å². The molecule has 0 N–H and O–H groups in total. The van der Waals surface area contributed by atoms with Crippen LogP contribution in [0.15, 0.2) is 407 Å². The summed E-state index contributed by atoms with van der Waals surface area (Å²) < 4.78 is 9.37. The summed E-state index contributed by atoms with van der Waals surface area (Å²) in [6, 6.07) is 136. The molecular formula is C103H67N9. The van der Waals surface area contributed by atoms with Crippen molar-refractivity contribution in [3.05, 3.63) is 407 Å². The predicted octanol–water partition coefficient (Wildman–Crippen LogP) is 26.1. The molecule has 0 aliphatic heterocycles. The lowest BCUT2D eigenvalue weighted by molar-refractivity contribution is 1.17. The van der Waals surface area contributed by atoms with Gasteiger partial charge in [0, 0.05) is 102 Å². The fourth-order valence-corrected chi connectivity index (χ4v) is 16.6. The third kappa shape index (κ3) is 11.5. The van der Waals surface area contributed by atoms with Crippen LogP contribution in [0.2, 0.25) is 0 Å². The van der Waals surface area contributed by atoms with Crippen LogP contribution in [-0.2, 0) is 0 Å². The number of nitrogens with zero attached hydrogens (tertiary/aromatic N) is 9. The van der Waals surface area contributed by atoms with Crippen LogP contribution in [-0.4, -0.2) is 43.2 Å². The minimum atomic E-state index is 0.934. The number of aromatic nitrogens is 9. The van der Waals surface area contributed by atoms with E-state index >= 15 is 0 Å². The van der Waals surface area contributed by atoms with Crippen LogP contribution in [0.1, 0.15) is 0 Å². The summed E-state index contributed by atoms with van der Waals surface area (Å²) in [5, 5.41) is 7.17. The fourth-order valence-electron chi connectivity index (χ4n) is 16.6.